The Morgan fingerprint density at radius 3 is 2.17 bits per heavy atom. The van der Waals surface area contributed by atoms with E-state index in [4.69, 9.17) is 4.74 Å². The van der Waals surface area contributed by atoms with E-state index < -0.39 is 17.1 Å². The number of thiazole rings is 1. The maximum atomic E-state index is 13.7. The van der Waals surface area contributed by atoms with Gasteiger partial charge in [0.25, 0.3) is 11.8 Å². The number of halogens is 1. The van der Waals surface area contributed by atoms with E-state index >= 15 is 0 Å². The van der Waals surface area contributed by atoms with Crippen molar-refractivity contribution in [2.24, 2.45) is 0 Å². The van der Waals surface area contributed by atoms with Gasteiger partial charge in [0.05, 0.1) is 12.3 Å². The van der Waals surface area contributed by atoms with Gasteiger partial charge < -0.3 is 20.7 Å². The summed E-state index contributed by atoms with van der Waals surface area (Å²) in [5, 5.41) is 10.5. The van der Waals surface area contributed by atoms with Crippen LogP contribution in [0.1, 0.15) is 33.7 Å². The Bertz CT molecular complexity index is 2160. The smallest absolute Gasteiger partial charge is 0.272 e. The molecule has 1 unspecified atom stereocenters. The Kier molecular flexibility index (Phi) is 12.3. The van der Waals surface area contributed by atoms with Gasteiger partial charge in [-0.15, -0.1) is 23.1 Å². The molecule has 0 saturated carbocycles. The van der Waals surface area contributed by atoms with Gasteiger partial charge in [-0.05, 0) is 84.8 Å². The molecule has 0 saturated heterocycles. The molecular formula is C41H33BrN4O4S2. The van der Waals surface area contributed by atoms with Crippen molar-refractivity contribution in [2.75, 3.05) is 17.2 Å². The molecule has 0 fully saturated rings. The lowest BCUT2D eigenvalue weighted by Crippen LogP contribution is -2.30. The third-order valence-corrected chi connectivity index (χ3v) is 10.2. The maximum absolute atomic E-state index is 13.7. The van der Waals surface area contributed by atoms with Gasteiger partial charge in [-0.3, -0.25) is 14.4 Å². The first-order valence-electron chi connectivity index (χ1n) is 16.3. The summed E-state index contributed by atoms with van der Waals surface area (Å²) in [6, 6.07) is 40.6. The van der Waals surface area contributed by atoms with Gasteiger partial charge in [0.1, 0.15) is 16.7 Å². The topological polar surface area (TPSA) is 109 Å². The summed E-state index contributed by atoms with van der Waals surface area (Å²) < 4.78 is 6.51. The monoisotopic (exact) mass is 788 g/mol. The fraction of sp³-hybridized carbons (Fsp3) is 0.0732. The quantitative estimate of drug-likeness (QED) is 0.0795. The fourth-order valence-corrected chi connectivity index (χ4v) is 7.05. The molecule has 11 heteroatoms. The molecule has 0 bridgehead atoms. The zero-order chi connectivity index (χ0) is 36.3. The number of ether oxygens (including phenoxy) is 1. The molecule has 0 spiro atoms. The summed E-state index contributed by atoms with van der Waals surface area (Å²) in [4.78, 5) is 45.8. The standard InChI is InChI=1S/C41H33BrN4O4S2/c1-2-50-33-21-13-27(14-22-33)25-35(44-38(47)30-11-7-4-8-12-30)39(48)43-32-19-23-34(24-20-32)52-37(29-9-5-3-6-10-29)40(49)46-41-45-36(26-51-41)28-15-17-31(42)18-16-28/h3-26,37H,2H2,1H3,(H,43,48)(H,44,47)(H,45,46,49)/b35-25-. The van der Waals surface area contributed by atoms with Crippen molar-refractivity contribution >= 4 is 73.6 Å². The van der Waals surface area contributed by atoms with Crippen LogP contribution in [0.5, 0.6) is 5.75 Å². The molecule has 260 valence electrons. The molecule has 52 heavy (non-hydrogen) atoms. The highest BCUT2D eigenvalue weighted by Gasteiger charge is 2.24. The van der Waals surface area contributed by atoms with Gasteiger partial charge in [0.15, 0.2) is 5.13 Å². The molecule has 0 aliphatic heterocycles. The second-order valence-corrected chi connectivity index (χ2v) is 14.3. The van der Waals surface area contributed by atoms with E-state index in [0.717, 1.165) is 26.2 Å². The average molecular weight is 790 g/mol. The number of carbonyl (C=O) groups excluding carboxylic acids is 3. The number of aromatic nitrogens is 1. The van der Waals surface area contributed by atoms with Crippen LogP contribution in [0.2, 0.25) is 0 Å². The van der Waals surface area contributed by atoms with Crippen LogP contribution in [-0.4, -0.2) is 29.3 Å². The van der Waals surface area contributed by atoms with Crippen molar-refractivity contribution < 1.29 is 19.1 Å². The number of hydrogen-bond acceptors (Lipinski definition) is 7. The van der Waals surface area contributed by atoms with Gasteiger partial charge >= 0.3 is 0 Å². The van der Waals surface area contributed by atoms with E-state index in [1.807, 2.05) is 97.2 Å². The van der Waals surface area contributed by atoms with Gasteiger partial charge in [-0.25, -0.2) is 4.98 Å². The molecule has 0 aliphatic carbocycles. The SMILES string of the molecule is CCOc1ccc(/C=C(\NC(=O)c2ccccc2)C(=O)Nc2ccc(SC(C(=O)Nc3nc(-c4ccc(Br)cc4)cs3)c3ccccc3)cc2)cc1. The number of hydrogen-bond donors (Lipinski definition) is 3. The molecule has 0 radical (unpaired) electrons. The Morgan fingerprint density at radius 1 is 0.827 bits per heavy atom. The summed E-state index contributed by atoms with van der Waals surface area (Å²) in [5.74, 6) is -0.403. The molecule has 6 rings (SSSR count). The second kappa shape index (κ2) is 17.6. The zero-order valence-electron chi connectivity index (χ0n) is 27.9. The number of nitrogens with one attached hydrogen (secondary N) is 3. The Balaban J connectivity index is 1.16. The summed E-state index contributed by atoms with van der Waals surface area (Å²) in [6.45, 7) is 2.44. The van der Waals surface area contributed by atoms with E-state index in [1.54, 1.807) is 54.6 Å². The highest BCUT2D eigenvalue weighted by Crippen LogP contribution is 2.37. The number of thioether (sulfide) groups is 1. The van der Waals surface area contributed by atoms with E-state index in [9.17, 15) is 14.4 Å². The number of nitrogens with zero attached hydrogens (tertiary/aromatic N) is 1. The van der Waals surface area contributed by atoms with E-state index in [-0.39, 0.29) is 11.6 Å². The van der Waals surface area contributed by atoms with Crippen LogP contribution in [0, 0.1) is 0 Å². The van der Waals surface area contributed by atoms with Crippen LogP contribution in [0.15, 0.2) is 154 Å². The van der Waals surface area contributed by atoms with Gasteiger partial charge in [-0.1, -0.05) is 88.7 Å². The molecule has 3 amide bonds. The maximum Gasteiger partial charge on any atom is 0.272 e. The van der Waals surface area contributed by atoms with Crippen LogP contribution in [0.25, 0.3) is 17.3 Å². The van der Waals surface area contributed by atoms with E-state index in [0.29, 0.717) is 34.3 Å². The molecule has 5 aromatic carbocycles. The van der Waals surface area contributed by atoms with Crippen molar-refractivity contribution in [1.29, 1.82) is 0 Å². The fourth-order valence-electron chi connectivity index (χ4n) is 5.04. The number of benzene rings is 5. The van der Waals surface area contributed by atoms with E-state index in [2.05, 4.69) is 36.9 Å². The van der Waals surface area contributed by atoms with Gasteiger partial charge in [0.2, 0.25) is 5.91 Å². The zero-order valence-corrected chi connectivity index (χ0v) is 31.1. The number of anilines is 2. The summed E-state index contributed by atoms with van der Waals surface area (Å²) in [7, 11) is 0. The van der Waals surface area contributed by atoms with Crippen molar-refractivity contribution in [3.05, 3.63) is 166 Å². The molecule has 0 aliphatic rings. The largest absolute Gasteiger partial charge is 0.494 e. The van der Waals surface area contributed by atoms with Crippen LogP contribution in [0.3, 0.4) is 0 Å². The Hall–Kier alpha value is -5.49. The Morgan fingerprint density at radius 2 is 1.50 bits per heavy atom. The molecule has 1 atom stereocenters. The minimum absolute atomic E-state index is 0.0720. The van der Waals surface area contributed by atoms with Crippen LogP contribution >= 0.6 is 39.0 Å². The lowest BCUT2D eigenvalue weighted by molar-refractivity contribution is -0.116. The van der Waals surface area contributed by atoms with Crippen LogP contribution in [0.4, 0.5) is 10.8 Å². The molecule has 1 heterocycles. The lowest BCUT2D eigenvalue weighted by atomic mass is 10.1. The van der Waals surface area contributed by atoms with Crippen molar-refractivity contribution in [2.45, 2.75) is 17.1 Å². The predicted octanol–water partition coefficient (Wildman–Crippen LogP) is 9.85. The summed E-state index contributed by atoms with van der Waals surface area (Å²) in [6.07, 6.45) is 1.61. The first-order valence-corrected chi connectivity index (χ1v) is 18.9. The van der Waals surface area contributed by atoms with Gasteiger partial charge in [-0.2, -0.15) is 0 Å². The Labute approximate surface area is 318 Å². The number of rotatable bonds is 13. The van der Waals surface area contributed by atoms with Crippen molar-refractivity contribution in [1.82, 2.24) is 10.3 Å². The highest BCUT2D eigenvalue weighted by molar-refractivity contribution is 9.10. The number of amides is 3. The second-order valence-electron chi connectivity index (χ2n) is 11.3. The van der Waals surface area contributed by atoms with Crippen molar-refractivity contribution in [3.8, 4) is 17.0 Å². The molecule has 1 aromatic heterocycles. The summed E-state index contributed by atoms with van der Waals surface area (Å²) in [5.41, 5.74) is 4.30. The third-order valence-electron chi connectivity index (χ3n) is 7.61. The third kappa shape index (κ3) is 9.85. The molecule has 6 aromatic rings. The first kappa shape index (κ1) is 36.3. The lowest BCUT2D eigenvalue weighted by Gasteiger charge is -2.17. The minimum atomic E-state index is -0.571. The van der Waals surface area contributed by atoms with Gasteiger partial charge in [0, 0.05) is 31.6 Å². The molecular weight excluding hydrogens is 757 g/mol. The highest BCUT2D eigenvalue weighted by atomic mass is 79.9. The predicted molar refractivity (Wildman–Crippen MR) is 213 cm³/mol. The first-order chi connectivity index (χ1) is 25.3. The normalized spacial score (nSPS) is 11.7. The molecule has 8 nitrogen and oxygen atoms in total. The number of carbonyl (C=O) groups is 3. The van der Waals surface area contributed by atoms with Crippen molar-refractivity contribution in [3.63, 3.8) is 0 Å². The minimum Gasteiger partial charge on any atom is -0.494 e. The van der Waals surface area contributed by atoms with Crippen LogP contribution < -0.4 is 20.7 Å². The van der Waals surface area contributed by atoms with Crippen LogP contribution in [-0.2, 0) is 9.59 Å². The summed E-state index contributed by atoms with van der Waals surface area (Å²) >= 11 is 6.22. The average Bonchev–Trinajstić information content (AvgIpc) is 3.64. The van der Waals surface area contributed by atoms with E-state index in [1.165, 1.54) is 23.1 Å². The molecule has 3 N–H and O–H groups in total.